The van der Waals surface area contributed by atoms with E-state index >= 15 is 0 Å². The standard InChI is InChI=1S/C12H16N4O/c1-16-6-5-14-12(16)8-15-9-3-4-10(13)11(7-9)17-2/h3-7,15H,8,13H2,1-2H3. The fourth-order valence-corrected chi connectivity index (χ4v) is 1.57. The first-order chi connectivity index (χ1) is 8.20. The van der Waals surface area contributed by atoms with Crippen LogP contribution in [-0.4, -0.2) is 16.7 Å². The largest absolute Gasteiger partial charge is 0.495 e. The van der Waals surface area contributed by atoms with Crippen molar-refractivity contribution in [1.82, 2.24) is 9.55 Å². The highest BCUT2D eigenvalue weighted by Gasteiger charge is 2.02. The van der Waals surface area contributed by atoms with Crippen molar-refractivity contribution < 1.29 is 4.74 Å². The second kappa shape index (κ2) is 4.78. The molecule has 0 amide bonds. The van der Waals surface area contributed by atoms with Crippen molar-refractivity contribution in [2.45, 2.75) is 6.54 Å². The lowest BCUT2D eigenvalue weighted by Gasteiger charge is -2.09. The number of ether oxygens (including phenoxy) is 1. The molecule has 0 aliphatic carbocycles. The number of hydrogen-bond donors (Lipinski definition) is 2. The summed E-state index contributed by atoms with van der Waals surface area (Å²) in [6, 6.07) is 5.61. The van der Waals surface area contributed by atoms with E-state index in [1.807, 2.05) is 36.0 Å². The number of rotatable bonds is 4. The van der Waals surface area contributed by atoms with Crippen LogP contribution in [0.25, 0.3) is 0 Å². The van der Waals surface area contributed by atoms with Gasteiger partial charge in [-0.25, -0.2) is 4.98 Å². The molecule has 0 saturated carbocycles. The maximum Gasteiger partial charge on any atom is 0.143 e. The van der Waals surface area contributed by atoms with Gasteiger partial charge in [0.25, 0.3) is 0 Å². The number of nitrogens with two attached hydrogens (primary N) is 1. The first-order valence-electron chi connectivity index (χ1n) is 5.34. The average molecular weight is 232 g/mol. The van der Waals surface area contributed by atoms with Gasteiger partial charge in [-0.1, -0.05) is 0 Å². The molecule has 0 unspecified atom stereocenters. The Bertz CT molecular complexity index is 507. The first kappa shape index (κ1) is 11.3. The van der Waals surface area contributed by atoms with Gasteiger partial charge in [-0.2, -0.15) is 0 Å². The molecular weight excluding hydrogens is 216 g/mol. The van der Waals surface area contributed by atoms with Gasteiger partial charge in [0.1, 0.15) is 11.6 Å². The summed E-state index contributed by atoms with van der Waals surface area (Å²) in [6.45, 7) is 0.663. The van der Waals surface area contributed by atoms with Gasteiger partial charge in [0.15, 0.2) is 0 Å². The molecule has 0 radical (unpaired) electrons. The van der Waals surface area contributed by atoms with Crippen LogP contribution >= 0.6 is 0 Å². The summed E-state index contributed by atoms with van der Waals surface area (Å²) in [5.41, 5.74) is 7.34. The molecule has 0 aliphatic heterocycles. The summed E-state index contributed by atoms with van der Waals surface area (Å²) in [4.78, 5) is 4.24. The minimum Gasteiger partial charge on any atom is -0.495 e. The lowest BCUT2D eigenvalue weighted by molar-refractivity contribution is 0.417. The van der Waals surface area contributed by atoms with E-state index in [-0.39, 0.29) is 0 Å². The van der Waals surface area contributed by atoms with Crippen molar-refractivity contribution in [3.63, 3.8) is 0 Å². The lowest BCUT2D eigenvalue weighted by Crippen LogP contribution is -2.05. The highest BCUT2D eigenvalue weighted by Crippen LogP contribution is 2.25. The van der Waals surface area contributed by atoms with Crippen LogP contribution in [0.5, 0.6) is 5.75 Å². The molecule has 90 valence electrons. The molecule has 0 atom stereocenters. The van der Waals surface area contributed by atoms with Crippen molar-refractivity contribution in [3.8, 4) is 5.75 Å². The third kappa shape index (κ3) is 2.50. The highest BCUT2D eigenvalue weighted by molar-refractivity contribution is 5.61. The number of imidazole rings is 1. The molecule has 5 heteroatoms. The van der Waals surface area contributed by atoms with Crippen molar-refractivity contribution in [2.75, 3.05) is 18.2 Å². The Kier molecular flexibility index (Phi) is 3.18. The smallest absolute Gasteiger partial charge is 0.143 e. The van der Waals surface area contributed by atoms with E-state index in [0.717, 1.165) is 11.5 Å². The number of hydrogen-bond acceptors (Lipinski definition) is 4. The molecule has 2 rings (SSSR count). The molecule has 1 aromatic carbocycles. The normalized spacial score (nSPS) is 10.2. The molecule has 0 aliphatic rings. The van der Waals surface area contributed by atoms with E-state index in [1.165, 1.54) is 0 Å². The molecule has 3 N–H and O–H groups in total. The van der Waals surface area contributed by atoms with Crippen LogP contribution in [0.2, 0.25) is 0 Å². The van der Waals surface area contributed by atoms with E-state index in [2.05, 4.69) is 10.3 Å². The summed E-state index contributed by atoms with van der Waals surface area (Å²) >= 11 is 0. The van der Waals surface area contributed by atoms with Crippen LogP contribution in [-0.2, 0) is 13.6 Å². The summed E-state index contributed by atoms with van der Waals surface area (Å²) in [6.07, 6.45) is 3.70. The Balaban J connectivity index is 2.07. The number of aryl methyl sites for hydroxylation is 1. The number of anilines is 2. The van der Waals surface area contributed by atoms with Crippen molar-refractivity contribution in [3.05, 3.63) is 36.4 Å². The summed E-state index contributed by atoms with van der Waals surface area (Å²) in [7, 11) is 3.57. The molecule has 17 heavy (non-hydrogen) atoms. The molecule has 1 heterocycles. The van der Waals surface area contributed by atoms with Gasteiger partial charge >= 0.3 is 0 Å². The highest BCUT2D eigenvalue weighted by atomic mass is 16.5. The molecule has 0 fully saturated rings. The SMILES string of the molecule is COc1cc(NCc2nccn2C)ccc1N. The zero-order valence-corrected chi connectivity index (χ0v) is 9.97. The lowest BCUT2D eigenvalue weighted by atomic mass is 10.2. The molecule has 2 aromatic rings. The molecule has 0 bridgehead atoms. The van der Waals surface area contributed by atoms with Crippen molar-refractivity contribution >= 4 is 11.4 Å². The van der Waals surface area contributed by atoms with E-state index in [0.29, 0.717) is 18.0 Å². The van der Waals surface area contributed by atoms with Gasteiger partial charge in [-0.3, -0.25) is 0 Å². The monoisotopic (exact) mass is 232 g/mol. The fraction of sp³-hybridized carbons (Fsp3) is 0.250. The number of nitrogens with one attached hydrogen (secondary N) is 1. The van der Waals surface area contributed by atoms with Crippen LogP contribution < -0.4 is 15.8 Å². The maximum absolute atomic E-state index is 5.75. The van der Waals surface area contributed by atoms with Gasteiger partial charge in [0.05, 0.1) is 19.3 Å². The minimum atomic E-state index is 0.634. The zero-order valence-electron chi connectivity index (χ0n) is 9.97. The molecule has 0 saturated heterocycles. The van der Waals surface area contributed by atoms with Crippen molar-refractivity contribution in [2.24, 2.45) is 7.05 Å². The van der Waals surface area contributed by atoms with Crippen molar-refractivity contribution in [1.29, 1.82) is 0 Å². The summed E-state index contributed by atoms with van der Waals surface area (Å²) < 4.78 is 7.13. The van der Waals surface area contributed by atoms with E-state index in [1.54, 1.807) is 13.3 Å². The molecule has 0 spiro atoms. The van der Waals surface area contributed by atoms with Crippen LogP contribution in [0.1, 0.15) is 5.82 Å². The van der Waals surface area contributed by atoms with E-state index in [4.69, 9.17) is 10.5 Å². The Morgan fingerprint density at radius 1 is 1.47 bits per heavy atom. The Labute approximate surface area is 100 Å². The quantitative estimate of drug-likeness (QED) is 0.786. The third-order valence-electron chi connectivity index (χ3n) is 2.61. The first-order valence-corrected chi connectivity index (χ1v) is 5.34. The predicted octanol–water partition coefficient (Wildman–Crippen LogP) is 1.62. The Hall–Kier alpha value is -2.17. The second-order valence-electron chi connectivity index (χ2n) is 3.76. The maximum atomic E-state index is 5.75. The van der Waals surface area contributed by atoms with Gasteiger partial charge in [-0.15, -0.1) is 0 Å². The summed E-state index contributed by atoms with van der Waals surface area (Å²) in [5.74, 6) is 1.65. The van der Waals surface area contributed by atoms with Crippen LogP contribution in [0.3, 0.4) is 0 Å². The molecule has 1 aromatic heterocycles. The minimum absolute atomic E-state index is 0.634. The van der Waals surface area contributed by atoms with Gasteiger partial charge < -0.3 is 20.4 Å². The molecular formula is C12H16N4O. The average Bonchev–Trinajstić information content (AvgIpc) is 2.74. The number of methoxy groups -OCH3 is 1. The predicted molar refractivity (Wildman–Crippen MR) is 67.9 cm³/mol. The number of nitrogen functional groups attached to an aromatic ring is 1. The Morgan fingerprint density at radius 3 is 2.94 bits per heavy atom. The number of aromatic nitrogens is 2. The third-order valence-corrected chi connectivity index (χ3v) is 2.61. The zero-order chi connectivity index (χ0) is 12.3. The molecule has 5 nitrogen and oxygen atoms in total. The number of nitrogens with zero attached hydrogens (tertiary/aromatic N) is 2. The van der Waals surface area contributed by atoms with Gasteiger partial charge in [0, 0.05) is 31.2 Å². The summed E-state index contributed by atoms with van der Waals surface area (Å²) in [5, 5.41) is 3.27. The Morgan fingerprint density at radius 2 is 2.29 bits per heavy atom. The van der Waals surface area contributed by atoms with Gasteiger partial charge in [-0.05, 0) is 12.1 Å². The van der Waals surface area contributed by atoms with E-state index < -0.39 is 0 Å². The van der Waals surface area contributed by atoms with Crippen LogP contribution in [0.4, 0.5) is 11.4 Å². The van der Waals surface area contributed by atoms with Crippen LogP contribution in [0, 0.1) is 0 Å². The fourth-order valence-electron chi connectivity index (χ4n) is 1.57. The van der Waals surface area contributed by atoms with Crippen LogP contribution in [0.15, 0.2) is 30.6 Å². The van der Waals surface area contributed by atoms with E-state index in [9.17, 15) is 0 Å². The topological polar surface area (TPSA) is 65.1 Å². The second-order valence-corrected chi connectivity index (χ2v) is 3.76. The van der Waals surface area contributed by atoms with Gasteiger partial charge in [0.2, 0.25) is 0 Å². The number of benzene rings is 1.